The maximum Gasteiger partial charge on any atom is 0.455 e. The molecule has 1 aliphatic heterocycles. The fourth-order valence-electron chi connectivity index (χ4n) is 3.63. The summed E-state index contributed by atoms with van der Waals surface area (Å²) in [5.74, 6) is -6.31. The minimum absolute atomic E-state index is 0.0392. The van der Waals surface area contributed by atoms with E-state index in [4.69, 9.17) is 11.6 Å². The third kappa shape index (κ3) is 4.78. The molecule has 1 amide bonds. The van der Waals surface area contributed by atoms with Gasteiger partial charge in [0.2, 0.25) is 5.91 Å². The van der Waals surface area contributed by atoms with Crippen molar-refractivity contribution in [1.82, 2.24) is 19.7 Å². The normalized spacial score (nSPS) is 14.8. The highest BCUT2D eigenvalue weighted by atomic mass is 35.5. The highest BCUT2D eigenvalue weighted by Gasteiger charge is 2.59. The van der Waals surface area contributed by atoms with Crippen molar-refractivity contribution in [3.8, 4) is 17.1 Å². The van der Waals surface area contributed by atoms with Crippen molar-refractivity contribution in [3.05, 3.63) is 47.5 Å². The predicted octanol–water partition coefficient (Wildman–Crippen LogP) is 4.25. The molecule has 0 N–H and O–H groups in total. The van der Waals surface area contributed by atoms with E-state index in [0.717, 1.165) is 6.20 Å². The maximum absolute atomic E-state index is 13.7. The number of pyridine rings is 2. The van der Waals surface area contributed by atoms with Crippen LogP contribution >= 0.6 is 11.6 Å². The zero-order chi connectivity index (χ0) is 26.5. The number of halogens is 6. The van der Waals surface area contributed by atoms with Crippen LogP contribution in [0.5, 0.6) is 0 Å². The van der Waals surface area contributed by atoms with E-state index in [1.165, 1.54) is 42.2 Å². The average Bonchev–Trinajstić information content (AvgIpc) is 3.25. The third-order valence-corrected chi connectivity index (χ3v) is 7.50. The van der Waals surface area contributed by atoms with Crippen LogP contribution in [0.4, 0.5) is 27.6 Å². The Bertz CT molecular complexity index is 1440. The number of sulfone groups is 1. The van der Waals surface area contributed by atoms with E-state index in [2.05, 4.69) is 15.1 Å². The molecule has 8 nitrogen and oxygen atoms in total. The van der Waals surface area contributed by atoms with Crippen molar-refractivity contribution in [2.45, 2.75) is 36.8 Å². The molecule has 3 aromatic rings. The molecule has 0 bridgehead atoms. The quantitative estimate of drug-likeness (QED) is 0.426. The van der Waals surface area contributed by atoms with Crippen LogP contribution in [0.15, 0.2) is 41.7 Å². The first-order valence-electron chi connectivity index (χ1n) is 10.4. The van der Waals surface area contributed by atoms with Crippen molar-refractivity contribution in [1.29, 1.82) is 0 Å². The number of alkyl halides is 5. The number of carbonyl (C=O) groups excluding carboxylic acids is 1. The SMILES string of the molecule is CCS(=O)(=O)c1cc(-n2ccc(Cl)n2)cnc1-c1cc2c(cn1)N(CC(F)(F)C(F)(F)F)C(=O)CC2. The van der Waals surface area contributed by atoms with E-state index >= 15 is 0 Å². The van der Waals surface area contributed by atoms with E-state index in [1.54, 1.807) is 0 Å². The number of aryl methyl sites for hydroxylation is 1. The lowest BCUT2D eigenvalue weighted by atomic mass is 10.0. The molecule has 4 rings (SSSR count). The van der Waals surface area contributed by atoms with Crippen molar-refractivity contribution < 1.29 is 35.2 Å². The first kappa shape index (κ1) is 25.9. The molecule has 0 radical (unpaired) electrons. The average molecular weight is 550 g/mol. The van der Waals surface area contributed by atoms with Gasteiger partial charge >= 0.3 is 12.1 Å². The Hall–Kier alpha value is -3.13. The molecule has 0 saturated carbocycles. The summed E-state index contributed by atoms with van der Waals surface area (Å²) in [6.45, 7) is -0.459. The van der Waals surface area contributed by atoms with Crippen LogP contribution in [-0.4, -0.2) is 58.5 Å². The topological polar surface area (TPSA) is 98.0 Å². The summed E-state index contributed by atoms with van der Waals surface area (Å²) in [6, 6.07) is 4.15. The predicted molar refractivity (Wildman–Crippen MR) is 119 cm³/mol. The third-order valence-electron chi connectivity index (χ3n) is 5.55. The summed E-state index contributed by atoms with van der Waals surface area (Å²) in [7, 11) is -3.85. The molecule has 0 aromatic carbocycles. The molecule has 0 unspecified atom stereocenters. The number of fused-ring (bicyclic) bond motifs is 1. The highest BCUT2D eigenvalue weighted by molar-refractivity contribution is 7.91. The molecule has 0 saturated heterocycles. The van der Waals surface area contributed by atoms with Crippen molar-refractivity contribution in [2.75, 3.05) is 17.2 Å². The lowest BCUT2D eigenvalue weighted by molar-refractivity contribution is -0.276. The Morgan fingerprint density at radius 1 is 1.08 bits per heavy atom. The largest absolute Gasteiger partial charge is 0.455 e. The van der Waals surface area contributed by atoms with E-state index in [-0.39, 0.29) is 51.3 Å². The van der Waals surface area contributed by atoms with Gasteiger partial charge in [0.1, 0.15) is 5.69 Å². The lowest BCUT2D eigenvalue weighted by Gasteiger charge is -2.32. The molecular weight excluding hydrogens is 533 g/mol. The van der Waals surface area contributed by atoms with Gasteiger partial charge in [-0.05, 0) is 30.2 Å². The second-order valence-electron chi connectivity index (χ2n) is 7.91. The van der Waals surface area contributed by atoms with Gasteiger partial charge in [-0.25, -0.2) is 13.1 Å². The van der Waals surface area contributed by atoms with Crippen molar-refractivity contribution in [3.63, 3.8) is 0 Å². The van der Waals surface area contributed by atoms with Crippen molar-refractivity contribution >= 4 is 33.0 Å². The smallest absolute Gasteiger partial charge is 0.304 e. The second kappa shape index (κ2) is 9.07. The lowest BCUT2D eigenvalue weighted by Crippen LogP contribution is -2.50. The summed E-state index contributed by atoms with van der Waals surface area (Å²) >= 11 is 5.83. The fraction of sp³-hybridized carbons (Fsp3) is 0.333. The van der Waals surface area contributed by atoms with Crippen LogP contribution in [0.1, 0.15) is 18.9 Å². The number of rotatable bonds is 6. The number of nitrogens with zero attached hydrogens (tertiary/aromatic N) is 5. The van der Waals surface area contributed by atoms with E-state index in [1.807, 2.05) is 0 Å². The Labute approximate surface area is 206 Å². The van der Waals surface area contributed by atoms with Crippen LogP contribution in [0.3, 0.4) is 0 Å². The molecule has 0 fully saturated rings. The van der Waals surface area contributed by atoms with Gasteiger partial charge < -0.3 is 4.90 Å². The Morgan fingerprint density at radius 3 is 2.42 bits per heavy atom. The van der Waals surface area contributed by atoms with Gasteiger partial charge in [-0.15, -0.1) is 0 Å². The van der Waals surface area contributed by atoms with Crippen LogP contribution in [0, 0.1) is 0 Å². The summed E-state index contributed by atoms with van der Waals surface area (Å²) in [5.41, 5.74) is 0.332. The molecule has 0 atom stereocenters. The monoisotopic (exact) mass is 549 g/mol. The van der Waals surface area contributed by atoms with Gasteiger partial charge in [-0.1, -0.05) is 18.5 Å². The van der Waals surface area contributed by atoms with E-state index in [0.29, 0.717) is 10.6 Å². The molecular formula is C21H17ClF5N5O3S. The summed E-state index contributed by atoms with van der Waals surface area (Å²) in [4.78, 5) is 20.7. The fourth-order valence-corrected chi connectivity index (χ4v) is 4.83. The molecule has 192 valence electrons. The zero-order valence-corrected chi connectivity index (χ0v) is 20.0. The van der Waals surface area contributed by atoms with Gasteiger partial charge in [0.05, 0.1) is 46.7 Å². The number of carbonyl (C=O) groups is 1. The second-order valence-corrected chi connectivity index (χ2v) is 10.5. The molecule has 0 spiro atoms. The molecule has 3 aromatic heterocycles. The molecule has 0 aliphatic carbocycles. The molecule has 1 aliphatic rings. The molecule has 15 heteroatoms. The van der Waals surface area contributed by atoms with Crippen molar-refractivity contribution in [2.24, 2.45) is 0 Å². The minimum Gasteiger partial charge on any atom is -0.304 e. The summed E-state index contributed by atoms with van der Waals surface area (Å²) in [5, 5.41) is 4.18. The summed E-state index contributed by atoms with van der Waals surface area (Å²) in [6.07, 6.45) is -2.31. The van der Waals surface area contributed by atoms with Gasteiger partial charge in [0.25, 0.3) is 0 Å². The van der Waals surface area contributed by atoms with E-state index in [9.17, 15) is 35.2 Å². The van der Waals surface area contributed by atoms with Gasteiger partial charge in [0.15, 0.2) is 15.0 Å². The minimum atomic E-state index is -5.84. The number of hydrogen-bond donors (Lipinski definition) is 0. The first-order chi connectivity index (χ1) is 16.7. The number of hydrogen-bond acceptors (Lipinski definition) is 6. The zero-order valence-electron chi connectivity index (χ0n) is 18.4. The summed E-state index contributed by atoms with van der Waals surface area (Å²) < 4.78 is 92.6. The first-order valence-corrected chi connectivity index (χ1v) is 12.4. The number of anilines is 1. The Kier molecular flexibility index (Phi) is 6.54. The van der Waals surface area contributed by atoms with Crippen LogP contribution < -0.4 is 4.90 Å². The number of aromatic nitrogens is 4. The van der Waals surface area contributed by atoms with Gasteiger partial charge in [0, 0.05) is 12.6 Å². The molecule has 36 heavy (non-hydrogen) atoms. The van der Waals surface area contributed by atoms with Gasteiger partial charge in [-0.3, -0.25) is 14.8 Å². The maximum atomic E-state index is 13.7. The van der Waals surface area contributed by atoms with Crippen LogP contribution in [-0.2, 0) is 21.1 Å². The molecule has 4 heterocycles. The van der Waals surface area contributed by atoms with Crippen LogP contribution in [0.2, 0.25) is 5.15 Å². The Balaban J connectivity index is 1.79. The number of amides is 1. The van der Waals surface area contributed by atoms with E-state index < -0.39 is 34.4 Å². The highest BCUT2D eigenvalue weighted by Crippen LogP contribution is 2.39. The van der Waals surface area contributed by atoms with Gasteiger partial charge in [-0.2, -0.15) is 27.1 Å². The Morgan fingerprint density at radius 2 is 1.81 bits per heavy atom. The van der Waals surface area contributed by atoms with Crippen LogP contribution in [0.25, 0.3) is 17.1 Å². The standard InChI is InChI=1S/C21H17ClF5N5O3S/c1-2-36(34,35)16-8-13(32-6-5-17(22)30-32)9-29-19(16)14-7-12-3-4-18(33)31(15(12)10-28-14)11-20(23,24)21(25,26)27/h5-10H,2-4,11H2,1H3.